The predicted molar refractivity (Wildman–Crippen MR) is 65.6 cm³/mol. The lowest BCUT2D eigenvalue weighted by Crippen LogP contribution is -2.57. The molecule has 1 N–H and O–H groups in total. The van der Waals surface area contributed by atoms with Crippen molar-refractivity contribution >= 4 is 0 Å². The summed E-state index contributed by atoms with van der Waals surface area (Å²) >= 11 is 0. The molecule has 2 saturated heterocycles. The summed E-state index contributed by atoms with van der Waals surface area (Å²) in [5.41, 5.74) is 1.35. The zero-order valence-corrected chi connectivity index (χ0v) is 9.96. The van der Waals surface area contributed by atoms with E-state index < -0.39 is 0 Å². The van der Waals surface area contributed by atoms with Gasteiger partial charge in [0, 0.05) is 18.6 Å². The maximum Gasteiger partial charge on any atom is 0.0623 e. The van der Waals surface area contributed by atoms with Crippen molar-refractivity contribution in [1.82, 2.24) is 4.90 Å². The Morgan fingerprint density at radius 2 is 1.76 bits per heavy atom. The van der Waals surface area contributed by atoms with Crippen molar-refractivity contribution < 1.29 is 9.84 Å². The second-order valence-electron chi connectivity index (χ2n) is 5.13. The Morgan fingerprint density at radius 3 is 2.41 bits per heavy atom. The van der Waals surface area contributed by atoms with Crippen molar-refractivity contribution in [3.8, 4) is 0 Å². The Kier molecular flexibility index (Phi) is 3.14. The predicted octanol–water partition coefficient (Wildman–Crippen LogP) is 1.41. The van der Waals surface area contributed by atoms with Gasteiger partial charge in [-0.3, -0.25) is 4.90 Å². The van der Waals surface area contributed by atoms with Gasteiger partial charge in [-0.05, 0) is 18.4 Å². The molecule has 2 bridgehead atoms. The van der Waals surface area contributed by atoms with Gasteiger partial charge in [-0.1, -0.05) is 30.3 Å². The molecule has 0 aliphatic carbocycles. The third-order valence-electron chi connectivity index (χ3n) is 3.85. The molecule has 3 atom stereocenters. The van der Waals surface area contributed by atoms with E-state index in [1.807, 2.05) is 6.07 Å². The molecule has 17 heavy (non-hydrogen) atoms. The van der Waals surface area contributed by atoms with Crippen LogP contribution in [0.4, 0.5) is 0 Å². The molecule has 2 aliphatic rings. The van der Waals surface area contributed by atoms with Crippen LogP contribution < -0.4 is 0 Å². The minimum absolute atomic E-state index is 0.138. The molecular weight excluding hydrogens is 214 g/mol. The fraction of sp³-hybridized carbons (Fsp3) is 0.571. The number of aliphatic hydroxyl groups is 1. The van der Waals surface area contributed by atoms with Crippen molar-refractivity contribution in [3.63, 3.8) is 0 Å². The van der Waals surface area contributed by atoms with Crippen LogP contribution in [0.2, 0.25) is 0 Å². The summed E-state index contributed by atoms with van der Waals surface area (Å²) in [5, 5.41) is 9.82. The van der Waals surface area contributed by atoms with Crippen LogP contribution in [0.15, 0.2) is 30.3 Å². The zero-order chi connectivity index (χ0) is 11.7. The maximum atomic E-state index is 9.82. The number of benzene rings is 1. The number of ether oxygens (including phenoxy) is 1. The number of fused-ring (bicyclic) bond motifs is 2. The van der Waals surface area contributed by atoms with Gasteiger partial charge in [-0.15, -0.1) is 0 Å². The number of hydrogen-bond donors (Lipinski definition) is 1. The van der Waals surface area contributed by atoms with Crippen LogP contribution in [0, 0.1) is 0 Å². The fourth-order valence-electron chi connectivity index (χ4n) is 3.01. The monoisotopic (exact) mass is 233 g/mol. The summed E-state index contributed by atoms with van der Waals surface area (Å²) in [6, 6.07) is 11.3. The average Bonchev–Trinajstić information content (AvgIpc) is 2.32. The van der Waals surface area contributed by atoms with E-state index in [9.17, 15) is 5.11 Å². The van der Waals surface area contributed by atoms with Gasteiger partial charge in [0.1, 0.15) is 0 Å². The maximum absolute atomic E-state index is 9.82. The lowest BCUT2D eigenvalue weighted by Gasteiger charge is -2.47. The number of rotatable bonds is 2. The van der Waals surface area contributed by atoms with Gasteiger partial charge in [-0.25, -0.2) is 0 Å². The number of aliphatic hydroxyl groups excluding tert-OH is 1. The Balaban J connectivity index is 1.74. The quantitative estimate of drug-likeness (QED) is 0.838. The number of nitrogens with zero attached hydrogens (tertiary/aromatic N) is 1. The van der Waals surface area contributed by atoms with Crippen LogP contribution in [-0.4, -0.2) is 41.4 Å². The topological polar surface area (TPSA) is 32.7 Å². The molecule has 0 radical (unpaired) electrons. The minimum atomic E-state index is -0.138. The van der Waals surface area contributed by atoms with Gasteiger partial charge in [0.25, 0.3) is 0 Å². The third kappa shape index (κ3) is 2.37. The molecule has 3 nitrogen and oxygen atoms in total. The number of piperidine rings is 1. The smallest absolute Gasteiger partial charge is 0.0623 e. The number of morpholine rings is 1. The molecule has 0 saturated carbocycles. The summed E-state index contributed by atoms with van der Waals surface area (Å²) in [6.07, 6.45) is 1.56. The van der Waals surface area contributed by atoms with Gasteiger partial charge in [-0.2, -0.15) is 0 Å². The van der Waals surface area contributed by atoms with Crippen LogP contribution in [0.3, 0.4) is 0 Å². The number of hydrogen-bond acceptors (Lipinski definition) is 3. The molecule has 2 heterocycles. The normalized spacial score (nSPS) is 33.6. The van der Waals surface area contributed by atoms with Crippen molar-refractivity contribution in [3.05, 3.63) is 35.9 Å². The molecule has 1 aromatic rings. The van der Waals surface area contributed by atoms with Crippen molar-refractivity contribution in [2.24, 2.45) is 0 Å². The molecule has 0 aromatic heterocycles. The van der Waals surface area contributed by atoms with E-state index in [4.69, 9.17) is 4.74 Å². The van der Waals surface area contributed by atoms with Gasteiger partial charge >= 0.3 is 0 Å². The van der Waals surface area contributed by atoms with E-state index in [1.54, 1.807) is 0 Å². The molecular formula is C14H19NO2. The first kappa shape index (κ1) is 11.2. The Hall–Kier alpha value is -0.900. The first-order valence-corrected chi connectivity index (χ1v) is 6.38. The van der Waals surface area contributed by atoms with Gasteiger partial charge in [0.15, 0.2) is 0 Å². The van der Waals surface area contributed by atoms with Crippen LogP contribution >= 0.6 is 0 Å². The van der Waals surface area contributed by atoms with Crippen LogP contribution in [-0.2, 0) is 11.3 Å². The SMILES string of the molecule is OC1C[C@H]2COC[C@@H](C1)N2Cc1ccccc1. The fourth-order valence-corrected chi connectivity index (χ4v) is 3.01. The van der Waals surface area contributed by atoms with Gasteiger partial charge in [0.2, 0.25) is 0 Å². The highest BCUT2D eigenvalue weighted by atomic mass is 16.5. The molecule has 2 aliphatic heterocycles. The molecule has 1 aromatic carbocycles. The molecule has 3 rings (SSSR count). The second kappa shape index (κ2) is 4.77. The molecule has 2 fully saturated rings. The lowest BCUT2D eigenvalue weighted by atomic mass is 9.91. The highest BCUT2D eigenvalue weighted by Gasteiger charge is 2.38. The molecule has 1 unspecified atom stereocenters. The van der Waals surface area contributed by atoms with Crippen LogP contribution in [0.5, 0.6) is 0 Å². The van der Waals surface area contributed by atoms with E-state index in [1.165, 1.54) is 5.56 Å². The van der Waals surface area contributed by atoms with Gasteiger partial charge < -0.3 is 9.84 Å². The highest BCUT2D eigenvalue weighted by Crippen LogP contribution is 2.29. The average molecular weight is 233 g/mol. The van der Waals surface area contributed by atoms with E-state index in [0.29, 0.717) is 12.1 Å². The Labute approximate surface area is 102 Å². The Bertz CT molecular complexity index is 354. The lowest BCUT2D eigenvalue weighted by molar-refractivity contribution is -0.108. The first-order valence-electron chi connectivity index (χ1n) is 6.38. The summed E-state index contributed by atoms with van der Waals surface area (Å²) < 4.78 is 5.60. The second-order valence-corrected chi connectivity index (χ2v) is 5.13. The third-order valence-corrected chi connectivity index (χ3v) is 3.85. The molecule has 92 valence electrons. The van der Waals surface area contributed by atoms with Crippen molar-refractivity contribution in [2.75, 3.05) is 13.2 Å². The summed E-state index contributed by atoms with van der Waals surface area (Å²) in [5.74, 6) is 0. The van der Waals surface area contributed by atoms with Crippen LogP contribution in [0.25, 0.3) is 0 Å². The van der Waals surface area contributed by atoms with Crippen molar-refractivity contribution in [1.29, 1.82) is 0 Å². The zero-order valence-electron chi connectivity index (χ0n) is 9.96. The van der Waals surface area contributed by atoms with E-state index in [-0.39, 0.29) is 6.10 Å². The van der Waals surface area contributed by atoms with E-state index >= 15 is 0 Å². The Morgan fingerprint density at radius 1 is 1.12 bits per heavy atom. The van der Waals surface area contributed by atoms with E-state index in [0.717, 1.165) is 32.6 Å². The molecule has 0 spiro atoms. The largest absolute Gasteiger partial charge is 0.393 e. The van der Waals surface area contributed by atoms with E-state index in [2.05, 4.69) is 29.2 Å². The molecule has 0 amide bonds. The van der Waals surface area contributed by atoms with Gasteiger partial charge in [0.05, 0.1) is 19.3 Å². The summed E-state index contributed by atoms with van der Waals surface area (Å²) in [7, 11) is 0. The summed E-state index contributed by atoms with van der Waals surface area (Å²) in [4.78, 5) is 2.51. The van der Waals surface area contributed by atoms with Crippen molar-refractivity contribution in [2.45, 2.75) is 37.6 Å². The minimum Gasteiger partial charge on any atom is -0.393 e. The van der Waals surface area contributed by atoms with Crippen LogP contribution in [0.1, 0.15) is 18.4 Å². The molecule has 3 heteroatoms. The highest BCUT2D eigenvalue weighted by molar-refractivity contribution is 5.15. The standard InChI is InChI=1S/C14H19NO2/c16-14-6-12-9-17-10-13(7-14)15(12)8-11-4-2-1-3-5-11/h1-5,12-14,16H,6-10H2/t12-,13+,14?. The first-order chi connectivity index (χ1) is 8.33. The summed E-state index contributed by atoms with van der Waals surface area (Å²) in [6.45, 7) is 2.51.